The molecule has 2 aromatic heterocycles. The molecule has 0 N–H and O–H groups in total. The Balaban J connectivity index is 2.45. The second-order valence-electron chi connectivity index (χ2n) is 2.10. The highest BCUT2D eigenvalue weighted by molar-refractivity contribution is 9.10. The third-order valence-electron chi connectivity index (χ3n) is 1.31. The molecule has 60 valence electrons. The zero-order chi connectivity index (χ0) is 8.39. The lowest BCUT2D eigenvalue weighted by Gasteiger charge is -1.89. The summed E-state index contributed by atoms with van der Waals surface area (Å²) in [5.41, 5.74) is 0.815. The predicted molar refractivity (Wildman–Crippen MR) is 45.2 cm³/mol. The predicted octanol–water partition coefficient (Wildman–Crippen LogP) is 1.89. The summed E-state index contributed by atoms with van der Waals surface area (Å²) in [6, 6.07) is 3.67. The molecule has 0 saturated carbocycles. The topological polar surface area (TPSA) is 51.8 Å². The van der Waals surface area contributed by atoms with Gasteiger partial charge in [-0.15, -0.1) is 10.2 Å². The van der Waals surface area contributed by atoms with Crippen LogP contribution in [-0.4, -0.2) is 15.2 Å². The van der Waals surface area contributed by atoms with Gasteiger partial charge in [0.15, 0.2) is 0 Å². The molecule has 0 aliphatic rings. The van der Waals surface area contributed by atoms with Crippen molar-refractivity contribution in [3.8, 4) is 11.5 Å². The molecule has 4 nitrogen and oxygen atoms in total. The SMILES string of the molecule is Brc1nnc(-c2cccnc2)o1. The Bertz CT molecular complexity index is 373. The van der Waals surface area contributed by atoms with Gasteiger partial charge in [0.25, 0.3) is 4.80 Å². The smallest absolute Gasteiger partial charge is 0.285 e. The first kappa shape index (κ1) is 7.42. The molecule has 0 unspecified atom stereocenters. The zero-order valence-corrected chi connectivity index (χ0v) is 7.52. The summed E-state index contributed by atoms with van der Waals surface area (Å²) in [6.45, 7) is 0. The van der Waals surface area contributed by atoms with E-state index >= 15 is 0 Å². The van der Waals surface area contributed by atoms with Gasteiger partial charge in [-0.1, -0.05) is 0 Å². The minimum absolute atomic E-state index is 0.376. The van der Waals surface area contributed by atoms with Crippen molar-refractivity contribution in [3.05, 3.63) is 29.3 Å². The molecule has 5 heteroatoms. The van der Waals surface area contributed by atoms with Gasteiger partial charge in [-0.25, -0.2) is 0 Å². The Labute approximate surface area is 76.8 Å². The van der Waals surface area contributed by atoms with Crippen LogP contribution in [0.4, 0.5) is 0 Å². The van der Waals surface area contributed by atoms with E-state index in [4.69, 9.17) is 4.42 Å². The summed E-state index contributed by atoms with van der Waals surface area (Å²) in [6.07, 6.45) is 3.36. The van der Waals surface area contributed by atoms with Gasteiger partial charge in [0.1, 0.15) is 0 Å². The fourth-order valence-corrected chi connectivity index (χ4v) is 1.04. The third kappa shape index (κ3) is 1.35. The van der Waals surface area contributed by atoms with Crippen molar-refractivity contribution in [2.24, 2.45) is 0 Å². The summed E-state index contributed by atoms with van der Waals surface area (Å²) in [5.74, 6) is 0.468. The Morgan fingerprint density at radius 3 is 2.83 bits per heavy atom. The van der Waals surface area contributed by atoms with E-state index in [-0.39, 0.29) is 0 Å². The van der Waals surface area contributed by atoms with Gasteiger partial charge in [0.05, 0.1) is 5.56 Å². The maximum absolute atomic E-state index is 5.12. The number of hydrogen-bond acceptors (Lipinski definition) is 4. The molecular formula is C7H4BrN3O. The third-order valence-corrected chi connectivity index (χ3v) is 1.63. The van der Waals surface area contributed by atoms with Crippen molar-refractivity contribution in [2.75, 3.05) is 0 Å². The number of aromatic nitrogens is 3. The molecule has 0 aliphatic carbocycles. The number of halogens is 1. The van der Waals surface area contributed by atoms with Crippen molar-refractivity contribution in [1.82, 2.24) is 15.2 Å². The number of hydrogen-bond donors (Lipinski definition) is 0. The normalized spacial score (nSPS) is 10.1. The molecule has 0 aromatic carbocycles. The Morgan fingerprint density at radius 1 is 1.33 bits per heavy atom. The molecule has 0 saturated heterocycles. The number of nitrogens with zero attached hydrogens (tertiary/aromatic N) is 3. The fraction of sp³-hybridized carbons (Fsp3) is 0. The van der Waals surface area contributed by atoms with Gasteiger partial charge < -0.3 is 4.42 Å². The quantitative estimate of drug-likeness (QED) is 0.744. The Hall–Kier alpha value is -1.23. The molecule has 0 amide bonds. The van der Waals surface area contributed by atoms with Gasteiger partial charge in [0, 0.05) is 28.3 Å². The van der Waals surface area contributed by atoms with Gasteiger partial charge >= 0.3 is 0 Å². The van der Waals surface area contributed by atoms with Crippen molar-refractivity contribution in [2.45, 2.75) is 0 Å². The zero-order valence-electron chi connectivity index (χ0n) is 5.94. The van der Waals surface area contributed by atoms with E-state index < -0.39 is 0 Å². The van der Waals surface area contributed by atoms with Gasteiger partial charge in [0.2, 0.25) is 5.89 Å². The highest BCUT2D eigenvalue weighted by Gasteiger charge is 2.04. The number of pyridine rings is 1. The Kier molecular flexibility index (Phi) is 1.87. The highest BCUT2D eigenvalue weighted by Crippen LogP contribution is 2.17. The van der Waals surface area contributed by atoms with Crippen molar-refractivity contribution >= 4 is 15.9 Å². The van der Waals surface area contributed by atoms with Crippen molar-refractivity contribution < 1.29 is 4.42 Å². The molecule has 0 radical (unpaired) electrons. The lowest BCUT2D eigenvalue weighted by Crippen LogP contribution is -1.77. The molecule has 2 aromatic rings. The monoisotopic (exact) mass is 225 g/mol. The van der Waals surface area contributed by atoms with Crippen LogP contribution in [0.2, 0.25) is 0 Å². The minimum atomic E-state index is 0.376. The van der Waals surface area contributed by atoms with E-state index in [1.807, 2.05) is 12.1 Å². The van der Waals surface area contributed by atoms with Crippen LogP contribution in [0, 0.1) is 0 Å². The van der Waals surface area contributed by atoms with Crippen LogP contribution >= 0.6 is 15.9 Å². The maximum Gasteiger partial charge on any atom is 0.285 e. The summed E-state index contributed by atoms with van der Waals surface area (Å²) >= 11 is 3.07. The van der Waals surface area contributed by atoms with E-state index in [1.165, 1.54) is 0 Å². The summed E-state index contributed by atoms with van der Waals surface area (Å²) in [7, 11) is 0. The number of rotatable bonds is 1. The van der Waals surface area contributed by atoms with Crippen molar-refractivity contribution in [1.29, 1.82) is 0 Å². The molecule has 0 atom stereocenters. The lowest BCUT2D eigenvalue weighted by atomic mass is 10.3. The second kappa shape index (κ2) is 3.02. The van der Waals surface area contributed by atoms with Crippen LogP contribution in [0.3, 0.4) is 0 Å². The summed E-state index contributed by atoms with van der Waals surface area (Å²) in [5, 5.41) is 7.45. The molecule has 2 heterocycles. The van der Waals surface area contributed by atoms with Crippen molar-refractivity contribution in [3.63, 3.8) is 0 Å². The van der Waals surface area contributed by atoms with Gasteiger partial charge in [-0.05, 0) is 12.1 Å². The van der Waals surface area contributed by atoms with E-state index in [0.29, 0.717) is 10.7 Å². The average Bonchev–Trinajstić information content (AvgIpc) is 2.54. The first-order chi connectivity index (χ1) is 5.86. The van der Waals surface area contributed by atoms with E-state index in [0.717, 1.165) is 5.56 Å². The van der Waals surface area contributed by atoms with Gasteiger partial charge in [-0.2, -0.15) is 0 Å². The first-order valence-electron chi connectivity index (χ1n) is 3.25. The minimum Gasteiger partial charge on any atom is -0.411 e. The van der Waals surface area contributed by atoms with Crippen LogP contribution in [0.1, 0.15) is 0 Å². The standard InChI is InChI=1S/C7H4BrN3O/c8-7-11-10-6(12-7)5-2-1-3-9-4-5/h1-4H. The van der Waals surface area contributed by atoms with Crippen LogP contribution in [0.15, 0.2) is 33.7 Å². The second-order valence-corrected chi connectivity index (χ2v) is 2.78. The summed E-state index contributed by atoms with van der Waals surface area (Å²) in [4.78, 5) is 4.30. The largest absolute Gasteiger partial charge is 0.411 e. The molecule has 0 bridgehead atoms. The molecule has 0 aliphatic heterocycles. The molecule has 12 heavy (non-hydrogen) atoms. The fourth-order valence-electron chi connectivity index (χ4n) is 0.811. The molecular weight excluding hydrogens is 222 g/mol. The first-order valence-corrected chi connectivity index (χ1v) is 4.05. The van der Waals surface area contributed by atoms with Crippen LogP contribution in [0.25, 0.3) is 11.5 Å². The maximum atomic E-state index is 5.12. The molecule has 2 rings (SSSR count). The van der Waals surface area contributed by atoms with E-state index in [1.54, 1.807) is 12.4 Å². The molecule has 0 spiro atoms. The van der Waals surface area contributed by atoms with E-state index in [2.05, 4.69) is 31.1 Å². The van der Waals surface area contributed by atoms with Crippen LogP contribution in [-0.2, 0) is 0 Å². The Morgan fingerprint density at radius 2 is 2.25 bits per heavy atom. The summed E-state index contributed by atoms with van der Waals surface area (Å²) < 4.78 is 5.12. The average molecular weight is 226 g/mol. The molecule has 0 fully saturated rings. The van der Waals surface area contributed by atoms with Crippen LogP contribution in [0.5, 0.6) is 0 Å². The van der Waals surface area contributed by atoms with Gasteiger partial charge in [-0.3, -0.25) is 4.98 Å². The van der Waals surface area contributed by atoms with E-state index in [9.17, 15) is 0 Å². The van der Waals surface area contributed by atoms with Crippen LogP contribution < -0.4 is 0 Å². The highest BCUT2D eigenvalue weighted by atomic mass is 79.9. The lowest BCUT2D eigenvalue weighted by molar-refractivity contribution is 0.540.